The zero-order valence-electron chi connectivity index (χ0n) is 13.1. The van der Waals surface area contributed by atoms with E-state index >= 15 is 0 Å². The normalized spacial score (nSPS) is 14.1. The molecule has 1 heteroatoms. The van der Waals surface area contributed by atoms with Gasteiger partial charge in [0, 0.05) is 11.9 Å². The average Bonchev–Trinajstić information content (AvgIpc) is 2.85. The van der Waals surface area contributed by atoms with Gasteiger partial charge in [-0.2, -0.15) is 0 Å². The third-order valence-electron chi connectivity index (χ3n) is 4.14. The molecule has 19 heavy (non-hydrogen) atoms. The van der Waals surface area contributed by atoms with Crippen molar-refractivity contribution in [3.05, 3.63) is 41.7 Å². The fourth-order valence-electron chi connectivity index (χ4n) is 2.68. The molecular weight excluding hydrogens is 230 g/mol. The van der Waals surface area contributed by atoms with Crippen LogP contribution in [0.2, 0.25) is 0 Å². The third kappa shape index (κ3) is 4.41. The van der Waals surface area contributed by atoms with E-state index in [1.807, 2.05) is 6.20 Å². The van der Waals surface area contributed by atoms with E-state index in [9.17, 15) is 0 Å². The van der Waals surface area contributed by atoms with Gasteiger partial charge in [0.25, 0.3) is 0 Å². The maximum atomic E-state index is 4.02. The van der Waals surface area contributed by atoms with Gasteiger partial charge in [-0.15, -0.1) is 0 Å². The van der Waals surface area contributed by atoms with Gasteiger partial charge in [-0.05, 0) is 49.0 Å². The van der Waals surface area contributed by atoms with E-state index in [0.717, 1.165) is 12.3 Å². The average molecular weight is 259 g/mol. The number of aromatic amines is 1. The van der Waals surface area contributed by atoms with Crippen LogP contribution >= 0.6 is 0 Å². The van der Waals surface area contributed by atoms with Gasteiger partial charge in [0.2, 0.25) is 0 Å². The lowest BCUT2D eigenvalue weighted by molar-refractivity contribution is 0.451. The standard InChI is InChI=1S/C18H29N/c1-6-9-10-16(7-2)13-17(8-3)14(4)18-11-12-19-15(18)5/h8,11-12,16,19H,3,6-7,9-10,13H2,1-2,4-5H3/b17-14+. The van der Waals surface area contributed by atoms with Crippen molar-refractivity contribution < 1.29 is 0 Å². The molecule has 0 radical (unpaired) electrons. The Kier molecular flexibility index (Phi) is 6.69. The molecule has 0 saturated heterocycles. The lowest BCUT2D eigenvalue weighted by Crippen LogP contribution is -2.01. The zero-order chi connectivity index (χ0) is 14.3. The van der Waals surface area contributed by atoms with Gasteiger partial charge in [0.05, 0.1) is 0 Å². The summed E-state index contributed by atoms with van der Waals surface area (Å²) in [5, 5.41) is 0. The predicted octanol–water partition coefficient (Wildman–Crippen LogP) is 5.89. The number of aryl methyl sites for hydroxylation is 1. The van der Waals surface area contributed by atoms with Gasteiger partial charge in [0.15, 0.2) is 0 Å². The number of H-pyrrole nitrogens is 1. The summed E-state index contributed by atoms with van der Waals surface area (Å²) >= 11 is 0. The Balaban J connectivity index is 2.87. The largest absolute Gasteiger partial charge is 0.365 e. The molecule has 0 fully saturated rings. The number of nitrogens with one attached hydrogen (secondary N) is 1. The first-order chi connectivity index (χ1) is 9.13. The maximum Gasteiger partial charge on any atom is 0.0191 e. The van der Waals surface area contributed by atoms with Crippen LogP contribution in [0.1, 0.15) is 64.1 Å². The van der Waals surface area contributed by atoms with Crippen molar-refractivity contribution >= 4 is 5.57 Å². The second-order valence-corrected chi connectivity index (χ2v) is 5.49. The summed E-state index contributed by atoms with van der Waals surface area (Å²) in [6.07, 6.45) is 10.5. The van der Waals surface area contributed by atoms with Crippen LogP contribution in [0, 0.1) is 12.8 Å². The van der Waals surface area contributed by atoms with Crippen molar-refractivity contribution in [3.63, 3.8) is 0 Å². The molecule has 0 amide bonds. The summed E-state index contributed by atoms with van der Waals surface area (Å²) < 4.78 is 0. The van der Waals surface area contributed by atoms with E-state index in [-0.39, 0.29) is 0 Å². The molecule has 0 aliphatic carbocycles. The molecule has 1 aromatic rings. The molecule has 0 bridgehead atoms. The van der Waals surface area contributed by atoms with Crippen molar-refractivity contribution in [2.24, 2.45) is 5.92 Å². The van der Waals surface area contributed by atoms with Gasteiger partial charge in [-0.3, -0.25) is 0 Å². The summed E-state index contributed by atoms with van der Waals surface area (Å²) in [6.45, 7) is 12.9. The van der Waals surface area contributed by atoms with Crippen LogP contribution in [-0.4, -0.2) is 4.98 Å². The highest BCUT2D eigenvalue weighted by molar-refractivity contribution is 5.70. The van der Waals surface area contributed by atoms with Crippen molar-refractivity contribution in [1.29, 1.82) is 0 Å². The smallest absolute Gasteiger partial charge is 0.0191 e. The fraction of sp³-hybridized carbons (Fsp3) is 0.556. The minimum atomic E-state index is 0.794. The molecule has 0 aromatic carbocycles. The van der Waals surface area contributed by atoms with Crippen LogP contribution in [-0.2, 0) is 0 Å². The topological polar surface area (TPSA) is 15.8 Å². The maximum absolute atomic E-state index is 4.02. The van der Waals surface area contributed by atoms with Crippen LogP contribution in [0.15, 0.2) is 30.5 Å². The summed E-state index contributed by atoms with van der Waals surface area (Å²) in [4.78, 5) is 3.26. The number of allylic oxidation sites excluding steroid dienone is 3. The molecule has 1 nitrogen and oxygen atoms in total. The molecule has 0 saturated carbocycles. The van der Waals surface area contributed by atoms with Crippen molar-refractivity contribution in [1.82, 2.24) is 4.98 Å². The Morgan fingerprint density at radius 2 is 2.16 bits per heavy atom. The van der Waals surface area contributed by atoms with Gasteiger partial charge >= 0.3 is 0 Å². The summed E-state index contributed by atoms with van der Waals surface area (Å²) in [5.74, 6) is 0.794. The molecule has 1 atom stereocenters. The molecule has 1 N–H and O–H groups in total. The summed E-state index contributed by atoms with van der Waals surface area (Å²) in [6, 6.07) is 2.17. The Morgan fingerprint density at radius 3 is 2.63 bits per heavy atom. The minimum absolute atomic E-state index is 0.794. The van der Waals surface area contributed by atoms with Gasteiger partial charge in [-0.1, -0.05) is 52.2 Å². The molecular formula is C18H29N. The van der Waals surface area contributed by atoms with E-state index in [4.69, 9.17) is 0 Å². The lowest BCUT2D eigenvalue weighted by atomic mass is 9.88. The van der Waals surface area contributed by atoms with Crippen molar-refractivity contribution in [2.45, 2.75) is 59.8 Å². The van der Waals surface area contributed by atoms with Gasteiger partial charge in [0.1, 0.15) is 0 Å². The Morgan fingerprint density at radius 1 is 1.42 bits per heavy atom. The monoisotopic (exact) mass is 259 g/mol. The first kappa shape index (κ1) is 15.8. The van der Waals surface area contributed by atoms with E-state index in [1.54, 1.807) is 0 Å². The Bertz CT molecular complexity index is 423. The summed E-state index contributed by atoms with van der Waals surface area (Å²) in [7, 11) is 0. The molecule has 1 aromatic heterocycles. The van der Waals surface area contributed by atoms with Gasteiger partial charge in [-0.25, -0.2) is 0 Å². The molecule has 0 aliphatic rings. The third-order valence-corrected chi connectivity index (χ3v) is 4.14. The number of unbranched alkanes of at least 4 members (excludes halogenated alkanes) is 1. The number of rotatable bonds is 8. The second-order valence-electron chi connectivity index (χ2n) is 5.49. The van der Waals surface area contributed by atoms with Crippen LogP contribution in [0.25, 0.3) is 5.57 Å². The number of aromatic nitrogens is 1. The molecule has 1 heterocycles. The van der Waals surface area contributed by atoms with Crippen LogP contribution in [0.3, 0.4) is 0 Å². The second kappa shape index (κ2) is 8.04. The van der Waals surface area contributed by atoms with E-state index in [2.05, 4.69) is 51.4 Å². The fourth-order valence-corrected chi connectivity index (χ4v) is 2.68. The van der Waals surface area contributed by atoms with E-state index < -0.39 is 0 Å². The van der Waals surface area contributed by atoms with E-state index in [1.165, 1.54) is 48.1 Å². The number of hydrogen-bond donors (Lipinski definition) is 1. The SMILES string of the molecule is C=C/C(CC(CC)CCCC)=C(/C)c1cc[nH]c1C. The molecule has 1 rings (SSSR count). The summed E-state index contributed by atoms with van der Waals surface area (Å²) in [5.41, 5.74) is 5.37. The predicted molar refractivity (Wildman–Crippen MR) is 86.2 cm³/mol. The highest BCUT2D eigenvalue weighted by Crippen LogP contribution is 2.29. The van der Waals surface area contributed by atoms with Crippen LogP contribution < -0.4 is 0 Å². The molecule has 0 spiro atoms. The molecule has 0 aliphatic heterocycles. The number of hydrogen-bond acceptors (Lipinski definition) is 0. The molecule has 1 unspecified atom stereocenters. The van der Waals surface area contributed by atoms with Crippen LogP contribution in [0.4, 0.5) is 0 Å². The highest BCUT2D eigenvalue weighted by Gasteiger charge is 2.11. The minimum Gasteiger partial charge on any atom is -0.365 e. The van der Waals surface area contributed by atoms with Crippen molar-refractivity contribution in [3.8, 4) is 0 Å². The first-order valence-corrected chi connectivity index (χ1v) is 7.60. The quantitative estimate of drug-likeness (QED) is 0.560. The zero-order valence-corrected chi connectivity index (χ0v) is 13.1. The Labute approximate surface area is 118 Å². The highest BCUT2D eigenvalue weighted by atomic mass is 14.7. The van der Waals surface area contributed by atoms with Crippen LogP contribution in [0.5, 0.6) is 0 Å². The lowest BCUT2D eigenvalue weighted by Gasteiger charge is -2.17. The van der Waals surface area contributed by atoms with E-state index in [0.29, 0.717) is 0 Å². The van der Waals surface area contributed by atoms with Gasteiger partial charge < -0.3 is 4.98 Å². The first-order valence-electron chi connectivity index (χ1n) is 7.60. The molecule has 106 valence electrons. The van der Waals surface area contributed by atoms with Crippen molar-refractivity contribution in [2.75, 3.05) is 0 Å². The Hall–Kier alpha value is -1.24.